The van der Waals surface area contributed by atoms with Crippen molar-refractivity contribution in [2.45, 2.75) is 19.5 Å². The fraction of sp³-hybridized carbons (Fsp3) is 0.500. The SMILES string of the molecule is COCCn1nnnc1[C@H](c1cc2cccc(C)c2[nH]c1=O)N1CCN(C)CC1. The minimum Gasteiger partial charge on any atom is -0.383 e. The van der Waals surface area contributed by atoms with E-state index in [0.29, 0.717) is 24.5 Å². The first-order valence-electron chi connectivity index (χ1n) is 9.88. The molecule has 3 aromatic rings. The van der Waals surface area contributed by atoms with Gasteiger partial charge in [0, 0.05) is 38.9 Å². The zero-order valence-electron chi connectivity index (χ0n) is 17.1. The largest absolute Gasteiger partial charge is 0.383 e. The highest BCUT2D eigenvalue weighted by atomic mass is 16.5. The number of H-pyrrole nitrogens is 1. The van der Waals surface area contributed by atoms with Crippen LogP contribution in [0.1, 0.15) is 23.0 Å². The zero-order valence-corrected chi connectivity index (χ0v) is 17.1. The molecule has 1 N–H and O–H groups in total. The van der Waals surface area contributed by atoms with Crippen molar-refractivity contribution >= 4 is 10.9 Å². The Bertz CT molecular complexity index is 1040. The molecule has 154 valence electrons. The molecule has 0 bridgehead atoms. The lowest BCUT2D eigenvalue weighted by atomic mass is 10.0. The predicted molar refractivity (Wildman–Crippen MR) is 110 cm³/mol. The van der Waals surface area contributed by atoms with E-state index in [4.69, 9.17) is 4.74 Å². The van der Waals surface area contributed by atoms with Crippen LogP contribution in [0, 0.1) is 6.92 Å². The number of para-hydroxylation sites is 1. The lowest BCUT2D eigenvalue weighted by molar-refractivity contribution is 0.119. The average Bonchev–Trinajstić information content (AvgIpc) is 3.17. The van der Waals surface area contributed by atoms with Crippen LogP contribution in [-0.4, -0.2) is 81.9 Å². The molecular formula is C20H27N7O2. The van der Waals surface area contributed by atoms with E-state index in [2.05, 4.69) is 37.4 Å². The summed E-state index contributed by atoms with van der Waals surface area (Å²) in [7, 11) is 3.76. The van der Waals surface area contributed by atoms with Crippen LogP contribution in [0.5, 0.6) is 0 Å². The van der Waals surface area contributed by atoms with E-state index < -0.39 is 0 Å². The minimum atomic E-state index is -0.316. The van der Waals surface area contributed by atoms with Gasteiger partial charge in [-0.3, -0.25) is 9.69 Å². The van der Waals surface area contributed by atoms with Crippen LogP contribution in [-0.2, 0) is 11.3 Å². The summed E-state index contributed by atoms with van der Waals surface area (Å²) in [5.41, 5.74) is 2.49. The number of ether oxygens (including phenoxy) is 1. The summed E-state index contributed by atoms with van der Waals surface area (Å²) in [4.78, 5) is 20.8. The maximum atomic E-state index is 13.2. The molecule has 0 unspecified atom stereocenters. The highest BCUT2D eigenvalue weighted by Gasteiger charge is 2.32. The van der Waals surface area contributed by atoms with Crippen LogP contribution in [0.25, 0.3) is 10.9 Å². The number of aromatic nitrogens is 5. The first-order chi connectivity index (χ1) is 14.1. The van der Waals surface area contributed by atoms with E-state index in [0.717, 1.165) is 42.6 Å². The van der Waals surface area contributed by atoms with Crippen LogP contribution in [0.2, 0.25) is 0 Å². The normalized spacial score (nSPS) is 17.1. The minimum absolute atomic E-state index is 0.1000. The summed E-state index contributed by atoms with van der Waals surface area (Å²) >= 11 is 0. The molecule has 9 nitrogen and oxygen atoms in total. The predicted octanol–water partition coefficient (Wildman–Crippen LogP) is 0.806. The van der Waals surface area contributed by atoms with E-state index in [1.54, 1.807) is 11.8 Å². The van der Waals surface area contributed by atoms with Gasteiger partial charge in [0.2, 0.25) is 0 Å². The van der Waals surface area contributed by atoms with Crippen LogP contribution < -0.4 is 5.56 Å². The molecule has 1 fully saturated rings. The van der Waals surface area contributed by atoms with Gasteiger partial charge in [0.05, 0.1) is 18.7 Å². The van der Waals surface area contributed by atoms with Gasteiger partial charge in [0.25, 0.3) is 5.56 Å². The topological polar surface area (TPSA) is 92.2 Å². The Morgan fingerprint density at radius 2 is 2.03 bits per heavy atom. The summed E-state index contributed by atoms with van der Waals surface area (Å²) in [5.74, 6) is 0.670. The molecule has 2 aromatic heterocycles. The van der Waals surface area contributed by atoms with Crippen LogP contribution in [0.15, 0.2) is 29.1 Å². The fourth-order valence-corrected chi connectivity index (χ4v) is 3.93. The number of nitrogens with one attached hydrogen (secondary N) is 1. The number of piperazine rings is 1. The Morgan fingerprint density at radius 1 is 1.24 bits per heavy atom. The molecule has 29 heavy (non-hydrogen) atoms. The van der Waals surface area contributed by atoms with Gasteiger partial charge in [-0.25, -0.2) is 4.68 Å². The number of benzene rings is 1. The lowest BCUT2D eigenvalue weighted by Gasteiger charge is -2.37. The second kappa shape index (κ2) is 8.40. The van der Waals surface area contributed by atoms with E-state index in [1.807, 2.05) is 31.2 Å². The maximum absolute atomic E-state index is 13.2. The highest BCUT2D eigenvalue weighted by Crippen LogP contribution is 2.28. The molecule has 0 amide bonds. The molecule has 1 aliphatic heterocycles. The Kier molecular flexibility index (Phi) is 5.70. The third kappa shape index (κ3) is 3.93. The van der Waals surface area contributed by atoms with Gasteiger partial charge < -0.3 is 14.6 Å². The number of likely N-dealkylation sites (N-methyl/N-ethyl adjacent to an activating group) is 1. The van der Waals surface area contributed by atoms with Crippen molar-refractivity contribution in [3.8, 4) is 0 Å². The van der Waals surface area contributed by atoms with Gasteiger partial charge in [-0.05, 0) is 41.4 Å². The molecule has 0 aliphatic carbocycles. The van der Waals surface area contributed by atoms with Crippen molar-refractivity contribution in [1.29, 1.82) is 0 Å². The fourth-order valence-electron chi connectivity index (χ4n) is 3.93. The summed E-state index contributed by atoms with van der Waals surface area (Å²) in [5, 5.41) is 13.4. The number of fused-ring (bicyclic) bond motifs is 1. The molecule has 0 radical (unpaired) electrons. The van der Waals surface area contributed by atoms with E-state index in [9.17, 15) is 4.79 Å². The second-order valence-corrected chi connectivity index (χ2v) is 7.59. The van der Waals surface area contributed by atoms with Crippen molar-refractivity contribution in [2.75, 3.05) is 46.9 Å². The van der Waals surface area contributed by atoms with Crippen LogP contribution in [0.4, 0.5) is 0 Å². The quantitative estimate of drug-likeness (QED) is 0.658. The summed E-state index contributed by atoms with van der Waals surface area (Å²) in [6.07, 6.45) is 0. The summed E-state index contributed by atoms with van der Waals surface area (Å²) < 4.78 is 6.95. The van der Waals surface area contributed by atoms with Crippen molar-refractivity contribution in [1.82, 2.24) is 35.0 Å². The van der Waals surface area contributed by atoms with Crippen molar-refractivity contribution < 1.29 is 4.74 Å². The molecule has 0 saturated carbocycles. The second-order valence-electron chi connectivity index (χ2n) is 7.59. The molecule has 0 spiro atoms. The lowest BCUT2D eigenvalue weighted by Crippen LogP contribution is -2.47. The number of tetrazole rings is 1. The molecule has 3 heterocycles. The first-order valence-corrected chi connectivity index (χ1v) is 9.88. The highest BCUT2D eigenvalue weighted by molar-refractivity contribution is 5.82. The molecule has 1 aromatic carbocycles. The Morgan fingerprint density at radius 3 is 2.79 bits per heavy atom. The number of hydrogen-bond acceptors (Lipinski definition) is 7. The van der Waals surface area contributed by atoms with Gasteiger partial charge in [-0.15, -0.1) is 5.10 Å². The first kappa shape index (κ1) is 19.7. The number of nitrogens with zero attached hydrogens (tertiary/aromatic N) is 6. The van der Waals surface area contributed by atoms with Crippen LogP contribution >= 0.6 is 0 Å². The van der Waals surface area contributed by atoms with Crippen molar-refractivity contribution in [2.24, 2.45) is 0 Å². The number of methoxy groups -OCH3 is 1. The monoisotopic (exact) mass is 397 g/mol. The van der Waals surface area contributed by atoms with Crippen molar-refractivity contribution in [3.05, 3.63) is 51.6 Å². The van der Waals surface area contributed by atoms with Gasteiger partial charge in [-0.2, -0.15) is 0 Å². The van der Waals surface area contributed by atoms with E-state index in [-0.39, 0.29) is 11.6 Å². The molecule has 9 heteroatoms. The molecule has 4 rings (SSSR count). The molecule has 1 saturated heterocycles. The number of aromatic amines is 1. The molecule has 1 atom stereocenters. The number of hydrogen-bond donors (Lipinski definition) is 1. The van der Waals surface area contributed by atoms with Gasteiger partial charge in [-0.1, -0.05) is 18.2 Å². The Balaban J connectivity index is 1.83. The standard InChI is InChI=1S/C20H27N7O2/c1-14-5-4-6-15-13-16(20(28)21-17(14)15)18(26-9-7-25(2)8-10-26)19-22-23-24-27(19)11-12-29-3/h4-6,13,18H,7-12H2,1-3H3,(H,21,28)/t18-/m0/s1. The Labute approximate surface area is 169 Å². The smallest absolute Gasteiger partial charge is 0.253 e. The zero-order chi connectivity index (χ0) is 20.4. The average molecular weight is 397 g/mol. The third-order valence-corrected chi connectivity index (χ3v) is 5.63. The van der Waals surface area contributed by atoms with E-state index >= 15 is 0 Å². The van der Waals surface area contributed by atoms with Gasteiger partial charge in [0.1, 0.15) is 6.04 Å². The summed E-state index contributed by atoms with van der Waals surface area (Å²) in [6.45, 7) is 6.57. The van der Waals surface area contributed by atoms with Gasteiger partial charge >= 0.3 is 0 Å². The number of pyridine rings is 1. The number of aryl methyl sites for hydroxylation is 1. The maximum Gasteiger partial charge on any atom is 0.253 e. The van der Waals surface area contributed by atoms with Gasteiger partial charge in [0.15, 0.2) is 5.82 Å². The molecule has 1 aliphatic rings. The van der Waals surface area contributed by atoms with E-state index in [1.165, 1.54) is 0 Å². The molecular weight excluding hydrogens is 370 g/mol. The third-order valence-electron chi connectivity index (χ3n) is 5.63. The Hall–Kier alpha value is -2.62. The van der Waals surface area contributed by atoms with Crippen molar-refractivity contribution in [3.63, 3.8) is 0 Å². The number of rotatable bonds is 6. The summed E-state index contributed by atoms with van der Waals surface area (Å²) in [6, 6.07) is 7.70. The van der Waals surface area contributed by atoms with Crippen LogP contribution in [0.3, 0.4) is 0 Å².